The number of rotatable bonds is 5. The zero-order valence-electron chi connectivity index (χ0n) is 11.4. The number of hydrogen-bond acceptors (Lipinski definition) is 5. The Bertz CT molecular complexity index is 388. The summed E-state index contributed by atoms with van der Waals surface area (Å²) in [6.45, 7) is 7.50. The van der Waals surface area contributed by atoms with Crippen molar-refractivity contribution in [1.82, 2.24) is 14.8 Å². The Balaban J connectivity index is 1.93. The number of aromatic nitrogens is 1. The quantitative estimate of drug-likeness (QED) is 0.844. The molecule has 1 aromatic heterocycles. The van der Waals surface area contributed by atoms with Crippen molar-refractivity contribution in [3.63, 3.8) is 0 Å². The Morgan fingerprint density at radius 1 is 1.42 bits per heavy atom. The Kier molecular flexibility index (Phi) is 6.04. The Morgan fingerprint density at radius 2 is 2.26 bits per heavy atom. The van der Waals surface area contributed by atoms with Crippen molar-refractivity contribution in [2.75, 3.05) is 39.3 Å². The molecule has 2 rings (SSSR count). The van der Waals surface area contributed by atoms with E-state index < -0.39 is 0 Å². The molecular weight excluding hydrogens is 282 g/mol. The molecule has 0 spiro atoms. The van der Waals surface area contributed by atoms with Gasteiger partial charge < -0.3 is 5.11 Å². The molecule has 1 aliphatic heterocycles. The molecule has 108 valence electrons. The van der Waals surface area contributed by atoms with Crippen molar-refractivity contribution in [2.24, 2.45) is 0 Å². The van der Waals surface area contributed by atoms with Crippen LogP contribution in [0.2, 0.25) is 0 Å². The molecule has 19 heavy (non-hydrogen) atoms. The van der Waals surface area contributed by atoms with Crippen LogP contribution >= 0.6 is 22.9 Å². The van der Waals surface area contributed by atoms with E-state index in [1.54, 1.807) is 11.3 Å². The van der Waals surface area contributed by atoms with Crippen molar-refractivity contribution in [3.05, 3.63) is 16.1 Å². The molecule has 0 radical (unpaired) electrons. The molecule has 0 saturated carbocycles. The minimum atomic E-state index is 0.251. The molecule has 0 aliphatic carbocycles. The first-order chi connectivity index (χ1) is 9.24. The summed E-state index contributed by atoms with van der Waals surface area (Å²) in [4.78, 5) is 9.39. The predicted octanol–water partition coefficient (Wildman–Crippen LogP) is 1.94. The first-order valence-electron chi connectivity index (χ1n) is 6.82. The first kappa shape index (κ1) is 15.2. The molecule has 0 bridgehead atoms. The second-order valence-corrected chi connectivity index (χ2v) is 6.10. The van der Waals surface area contributed by atoms with Crippen LogP contribution in [0.4, 0.5) is 0 Å². The molecule has 1 fully saturated rings. The molecule has 4 nitrogen and oxygen atoms in total. The normalized spacial score (nSPS) is 20.4. The van der Waals surface area contributed by atoms with E-state index in [0.29, 0.717) is 11.9 Å². The summed E-state index contributed by atoms with van der Waals surface area (Å²) >= 11 is 7.51. The van der Waals surface area contributed by atoms with Crippen LogP contribution in [0, 0.1) is 0 Å². The highest BCUT2D eigenvalue weighted by Gasteiger charge is 2.21. The lowest BCUT2D eigenvalue weighted by Gasteiger charge is -2.26. The lowest BCUT2D eigenvalue weighted by atomic mass is 10.2. The van der Waals surface area contributed by atoms with Gasteiger partial charge in [-0.1, -0.05) is 0 Å². The van der Waals surface area contributed by atoms with Crippen molar-refractivity contribution in [3.8, 4) is 0 Å². The van der Waals surface area contributed by atoms with Gasteiger partial charge in [0.05, 0.1) is 24.2 Å². The van der Waals surface area contributed by atoms with Gasteiger partial charge in [0.1, 0.15) is 5.01 Å². The van der Waals surface area contributed by atoms with E-state index in [1.165, 1.54) is 0 Å². The zero-order valence-corrected chi connectivity index (χ0v) is 13.0. The largest absolute Gasteiger partial charge is 0.395 e. The lowest BCUT2D eigenvalue weighted by molar-refractivity contribution is 0.185. The van der Waals surface area contributed by atoms with Gasteiger partial charge in [0.25, 0.3) is 0 Å². The van der Waals surface area contributed by atoms with E-state index in [1.807, 2.05) is 0 Å². The Morgan fingerprint density at radius 3 is 2.95 bits per heavy atom. The molecule has 1 aliphatic rings. The zero-order chi connectivity index (χ0) is 13.7. The molecule has 1 N–H and O–H groups in total. The second-order valence-electron chi connectivity index (χ2n) is 4.94. The van der Waals surface area contributed by atoms with Gasteiger partial charge in [0, 0.05) is 31.6 Å². The summed E-state index contributed by atoms with van der Waals surface area (Å²) in [5.41, 5.74) is 0.977. The van der Waals surface area contributed by atoms with Crippen LogP contribution in [-0.2, 0) is 5.88 Å². The predicted molar refractivity (Wildman–Crippen MR) is 79.8 cm³/mol. The number of thiazole rings is 1. The maximum atomic E-state index is 9.02. The van der Waals surface area contributed by atoms with Gasteiger partial charge in [0.15, 0.2) is 0 Å². The fourth-order valence-electron chi connectivity index (χ4n) is 2.48. The van der Waals surface area contributed by atoms with E-state index in [2.05, 4.69) is 27.1 Å². The van der Waals surface area contributed by atoms with Crippen molar-refractivity contribution in [1.29, 1.82) is 0 Å². The molecule has 1 atom stereocenters. The highest BCUT2D eigenvalue weighted by molar-refractivity contribution is 7.09. The highest BCUT2D eigenvalue weighted by Crippen LogP contribution is 2.25. The van der Waals surface area contributed by atoms with Crippen LogP contribution in [0.25, 0.3) is 0 Å². The van der Waals surface area contributed by atoms with Crippen LogP contribution < -0.4 is 0 Å². The van der Waals surface area contributed by atoms with Crippen molar-refractivity contribution in [2.45, 2.75) is 25.3 Å². The average Bonchev–Trinajstić information content (AvgIpc) is 2.79. The number of halogens is 1. The van der Waals surface area contributed by atoms with Crippen molar-refractivity contribution < 1.29 is 5.11 Å². The summed E-state index contributed by atoms with van der Waals surface area (Å²) in [5.74, 6) is 0.494. The molecule has 1 unspecified atom stereocenters. The summed E-state index contributed by atoms with van der Waals surface area (Å²) in [6.07, 6.45) is 1.15. The summed E-state index contributed by atoms with van der Waals surface area (Å²) in [5, 5.41) is 12.2. The number of hydrogen-bond donors (Lipinski definition) is 1. The monoisotopic (exact) mass is 303 g/mol. The Labute approximate surface area is 124 Å². The molecule has 2 heterocycles. The van der Waals surface area contributed by atoms with Crippen LogP contribution in [0.1, 0.15) is 30.1 Å². The van der Waals surface area contributed by atoms with E-state index in [9.17, 15) is 0 Å². The summed E-state index contributed by atoms with van der Waals surface area (Å²) in [6, 6.07) is 0.357. The average molecular weight is 304 g/mol. The van der Waals surface area contributed by atoms with Crippen LogP contribution in [0.5, 0.6) is 0 Å². The second kappa shape index (κ2) is 7.55. The SMILES string of the molecule is CC(c1nc(CCl)cs1)N1CCCN(CCO)CC1. The summed E-state index contributed by atoms with van der Waals surface area (Å²) in [7, 11) is 0. The van der Waals surface area contributed by atoms with Crippen LogP contribution in [0.15, 0.2) is 5.38 Å². The number of β-amino-alcohol motifs (C(OH)–C–C–N with tert-alkyl or cyclic N) is 1. The van der Waals surface area contributed by atoms with Crippen molar-refractivity contribution >= 4 is 22.9 Å². The third-order valence-corrected chi connectivity index (χ3v) is 4.99. The number of alkyl halides is 1. The Hall–Kier alpha value is -0.200. The maximum Gasteiger partial charge on any atom is 0.110 e. The number of nitrogens with zero attached hydrogens (tertiary/aromatic N) is 3. The van der Waals surface area contributed by atoms with Gasteiger partial charge in [-0.15, -0.1) is 22.9 Å². The van der Waals surface area contributed by atoms with Gasteiger partial charge in [0.2, 0.25) is 0 Å². The molecule has 0 amide bonds. The van der Waals surface area contributed by atoms with E-state index in [-0.39, 0.29) is 6.61 Å². The first-order valence-corrected chi connectivity index (χ1v) is 8.23. The number of aliphatic hydroxyl groups excluding tert-OH is 1. The van der Waals surface area contributed by atoms with Gasteiger partial charge in [-0.05, 0) is 19.9 Å². The molecule has 0 aromatic carbocycles. The van der Waals surface area contributed by atoms with E-state index in [0.717, 1.165) is 49.8 Å². The minimum Gasteiger partial charge on any atom is -0.395 e. The fourth-order valence-corrected chi connectivity index (χ4v) is 3.61. The minimum absolute atomic E-state index is 0.251. The van der Waals surface area contributed by atoms with Crippen LogP contribution in [0.3, 0.4) is 0 Å². The lowest BCUT2D eigenvalue weighted by Crippen LogP contribution is -2.33. The summed E-state index contributed by atoms with van der Waals surface area (Å²) < 4.78 is 0. The smallest absolute Gasteiger partial charge is 0.110 e. The molecule has 1 aromatic rings. The van der Waals surface area contributed by atoms with E-state index >= 15 is 0 Å². The van der Waals surface area contributed by atoms with Gasteiger partial charge in [-0.25, -0.2) is 4.98 Å². The fraction of sp³-hybridized carbons (Fsp3) is 0.769. The molecule has 6 heteroatoms. The third-order valence-electron chi connectivity index (χ3n) is 3.65. The van der Waals surface area contributed by atoms with Gasteiger partial charge in [-0.3, -0.25) is 9.80 Å². The maximum absolute atomic E-state index is 9.02. The van der Waals surface area contributed by atoms with Gasteiger partial charge >= 0.3 is 0 Å². The topological polar surface area (TPSA) is 39.6 Å². The van der Waals surface area contributed by atoms with E-state index in [4.69, 9.17) is 16.7 Å². The standard InChI is InChI=1S/C13H22ClN3OS/c1-11(13-15-12(9-14)10-19-13)17-4-2-3-16(5-6-17)7-8-18/h10-11,18H,2-9H2,1H3. The highest BCUT2D eigenvalue weighted by atomic mass is 35.5. The molecule has 1 saturated heterocycles. The van der Waals surface area contributed by atoms with Crippen LogP contribution in [-0.4, -0.2) is 59.2 Å². The number of aliphatic hydroxyl groups is 1. The van der Waals surface area contributed by atoms with Gasteiger partial charge in [-0.2, -0.15) is 0 Å². The molecular formula is C13H22ClN3OS. The third kappa shape index (κ3) is 4.13.